The minimum atomic E-state index is -4.70. The zero-order valence-corrected chi connectivity index (χ0v) is 12.4. The van der Waals surface area contributed by atoms with E-state index in [1.807, 2.05) is 0 Å². The van der Waals surface area contributed by atoms with Crippen LogP contribution in [0, 0.1) is 0 Å². The summed E-state index contributed by atoms with van der Waals surface area (Å²) < 4.78 is 38.6. The molecule has 0 fully saturated rings. The van der Waals surface area contributed by atoms with Gasteiger partial charge < -0.3 is 5.32 Å². The van der Waals surface area contributed by atoms with Crippen molar-refractivity contribution < 1.29 is 22.8 Å². The number of halogens is 3. The molecule has 24 heavy (non-hydrogen) atoms. The molecule has 2 N–H and O–H groups in total. The summed E-state index contributed by atoms with van der Waals surface area (Å²) in [4.78, 5) is 26.9. The Kier molecular flexibility index (Phi) is 3.74. The third-order valence-corrected chi connectivity index (χ3v) is 3.51. The van der Waals surface area contributed by atoms with Crippen LogP contribution < -0.4 is 10.6 Å². The van der Waals surface area contributed by atoms with Crippen LogP contribution in [-0.4, -0.2) is 26.6 Å². The van der Waals surface area contributed by atoms with Crippen LogP contribution in [0.3, 0.4) is 0 Å². The molecule has 2 amide bonds. The van der Waals surface area contributed by atoms with E-state index >= 15 is 0 Å². The van der Waals surface area contributed by atoms with E-state index in [1.165, 1.54) is 19.2 Å². The molecular weight excluding hydrogens is 327 g/mol. The fraction of sp³-hybridized carbons (Fsp3) is 0.286. The Hall–Kier alpha value is -2.91. The summed E-state index contributed by atoms with van der Waals surface area (Å²) in [5.41, 5.74) is 1.60. The molecule has 1 aromatic carbocycles. The van der Waals surface area contributed by atoms with E-state index in [2.05, 4.69) is 20.7 Å². The van der Waals surface area contributed by atoms with Gasteiger partial charge in [-0.15, -0.1) is 5.10 Å². The standard InChI is InChI=1S/C14H12F3N5O2/c1-22-13(20-12(21-22)14(15,16)17)19-11(24)8-3-2-7-4-5-10(23)18-9(7)6-8/h2-3,6H,4-5H2,1H3,(H,18,23)(H,19,20,21,24). The summed E-state index contributed by atoms with van der Waals surface area (Å²) in [6, 6.07) is 4.71. The van der Waals surface area contributed by atoms with Gasteiger partial charge in [0.15, 0.2) is 0 Å². The van der Waals surface area contributed by atoms with Gasteiger partial charge in [0.1, 0.15) is 0 Å². The Bertz CT molecular complexity index is 828. The lowest BCUT2D eigenvalue weighted by Gasteiger charge is -2.17. The highest BCUT2D eigenvalue weighted by atomic mass is 19.4. The highest BCUT2D eigenvalue weighted by Gasteiger charge is 2.37. The molecule has 1 aromatic heterocycles. The maximum absolute atomic E-state index is 12.6. The highest BCUT2D eigenvalue weighted by Crippen LogP contribution is 2.27. The summed E-state index contributed by atoms with van der Waals surface area (Å²) in [5, 5.41) is 8.15. The van der Waals surface area contributed by atoms with Crippen molar-refractivity contribution >= 4 is 23.5 Å². The number of nitrogens with one attached hydrogen (secondary N) is 2. The van der Waals surface area contributed by atoms with Gasteiger partial charge in [0.25, 0.3) is 11.7 Å². The number of carbonyl (C=O) groups excluding carboxylic acids is 2. The molecule has 0 unspecified atom stereocenters. The minimum absolute atomic E-state index is 0.150. The monoisotopic (exact) mass is 339 g/mol. The minimum Gasteiger partial charge on any atom is -0.326 e. The Balaban J connectivity index is 1.82. The molecular formula is C14H12F3N5O2. The summed E-state index contributed by atoms with van der Waals surface area (Å²) >= 11 is 0. The number of fused-ring (bicyclic) bond motifs is 1. The van der Waals surface area contributed by atoms with Crippen molar-refractivity contribution in [2.75, 3.05) is 10.6 Å². The third-order valence-electron chi connectivity index (χ3n) is 3.51. The number of benzene rings is 1. The molecule has 3 rings (SSSR count). The van der Waals surface area contributed by atoms with E-state index in [1.54, 1.807) is 6.07 Å². The zero-order chi connectivity index (χ0) is 17.5. The average Bonchev–Trinajstić information content (AvgIpc) is 2.87. The molecule has 0 atom stereocenters. The first-order valence-electron chi connectivity index (χ1n) is 6.96. The fourth-order valence-electron chi connectivity index (χ4n) is 2.30. The van der Waals surface area contributed by atoms with Gasteiger partial charge in [-0.05, 0) is 24.1 Å². The Morgan fingerprint density at radius 3 is 2.75 bits per heavy atom. The molecule has 126 valence electrons. The number of carbonyl (C=O) groups is 2. The number of amides is 2. The van der Waals surface area contributed by atoms with Crippen LogP contribution in [0.1, 0.15) is 28.2 Å². The molecule has 0 aliphatic carbocycles. The summed E-state index contributed by atoms with van der Waals surface area (Å²) in [5.74, 6) is -2.46. The first-order valence-corrected chi connectivity index (χ1v) is 6.96. The maximum Gasteiger partial charge on any atom is 0.453 e. The van der Waals surface area contributed by atoms with Crippen LogP contribution in [0.25, 0.3) is 0 Å². The van der Waals surface area contributed by atoms with Gasteiger partial charge in [-0.2, -0.15) is 18.2 Å². The number of rotatable bonds is 2. The van der Waals surface area contributed by atoms with Gasteiger partial charge in [-0.25, -0.2) is 4.68 Å². The van der Waals surface area contributed by atoms with Crippen molar-refractivity contribution in [3.63, 3.8) is 0 Å². The lowest BCUT2D eigenvalue weighted by molar-refractivity contribution is -0.144. The topological polar surface area (TPSA) is 88.9 Å². The Morgan fingerprint density at radius 2 is 2.08 bits per heavy atom. The number of hydrogen-bond donors (Lipinski definition) is 2. The maximum atomic E-state index is 12.6. The summed E-state index contributed by atoms with van der Waals surface area (Å²) in [6.45, 7) is 0. The number of alkyl halides is 3. The predicted octanol–water partition coefficient (Wildman–Crippen LogP) is 1.97. The van der Waals surface area contributed by atoms with Gasteiger partial charge in [-0.1, -0.05) is 6.07 Å². The van der Waals surface area contributed by atoms with Crippen molar-refractivity contribution in [2.24, 2.45) is 7.05 Å². The Labute approximate surface area is 133 Å². The normalized spacial score (nSPS) is 14.1. The molecule has 0 saturated carbocycles. The zero-order valence-electron chi connectivity index (χ0n) is 12.4. The van der Waals surface area contributed by atoms with Crippen molar-refractivity contribution in [2.45, 2.75) is 19.0 Å². The Morgan fingerprint density at radius 1 is 1.33 bits per heavy atom. The molecule has 2 heterocycles. The predicted molar refractivity (Wildman–Crippen MR) is 77.4 cm³/mol. The molecule has 1 aliphatic rings. The van der Waals surface area contributed by atoms with Crippen molar-refractivity contribution in [1.82, 2.24) is 14.8 Å². The van der Waals surface area contributed by atoms with Crippen molar-refractivity contribution in [3.8, 4) is 0 Å². The smallest absolute Gasteiger partial charge is 0.326 e. The van der Waals surface area contributed by atoms with E-state index in [0.717, 1.165) is 10.2 Å². The second-order valence-electron chi connectivity index (χ2n) is 5.25. The molecule has 0 saturated heterocycles. The lowest BCUT2D eigenvalue weighted by atomic mass is 10.0. The second kappa shape index (κ2) is 5.62. The molecule has 0 radical (unpaired) electrons. The van der Waals surface area contributed by atoms with Crippen LogP contribution in [0.2, 0.25) is 0 Å². The molecule has 7 nitrogen and oxygen atoms in total. The first-order chi connectivity index (χ1) is 11.2. The molecule has 1 aliphatic heterocycles. The van der Waals surface area contributed by atoms with Crippen molar-refractivity contribution in [1.29, 1.82) is 0 Å². The second-order valence-corrected chi connectivity index (χ2v) is 5.25. The summed E-state index contributed by atoms with van der Waals surface area (Å²) in [6.07, 6.45) is -3.75. The van der Waals surface area contributed by atoms with E-state index in [0.29, 0.717) is 18.5 Å². The van der Waals surface area contributed by atoms with E-state index in [-0.39, 0.29) is 17.4 Å². The fourth-order valence-corrected chi connectivity index (χ4v) is 2.30. The number of aryl methyl sites for hydroxylation is 2. The van der Waals surface area contributed by atoms with Crippen LogP contribution in [0.5, 0.6) is 0 Å². The van der Waals surface area contributed by atoms with E-state index in [4.69, 9.17) is 0 Å². The third kappa shape index (κ3) is 3.07. The largest absolute Gasteiger partial charge is 0.453 e. The van der Waals surface area contributed by atoms with Gasteiger partial charge in [-0.3, -0.25) is 14.9 Å². The van der Waals surface area contributed by atoms with Crippen LogP contribution in [0.15, 0.2) is 18.2 Å². The molecule has 2 aromatic rings. The first kappa shape index (κ1) is 16.0. The average molecular weight is 339 g/mol. The highest BCUT2D eigenvalue weighted by molar-refractivity contribution is 6.05. The van der Waals surface area contributed by atoms with E-state index < -0.39 is 17.9 Å². The van der Waals surface area contributed by atoms with Gasteiger partial charge in [0, 0.05) is 24.7 Å². The molecule has 0 spiro atoms. The van der Waals surface area contributed by atoms with Crippen LogP contribution in [-0.2, 0) is 24.4 Å². The number of anilines is 2. The van der Waals surface area contributed by atoms with E-state index in [9.17, 15) is 22.8 Å². The quantitative estimate of drug-likeness (QED) is 0.875. The molecule has 10 heteroatoms. The number of nitrogens with zero attached hydrogens (tertiary/aromatic N) is 3. The SMILES string of the molecule is Cn1nc(C(F)(F)F)nc1NC(=O)c1ccc2c(c1)NC(=O)CC2. The van der Waals surface area contributed by atoms with Gasteiger partial charge in [0.2, 0.25) is 11.9 Å². The number of aromatic nitrogens is 3. The summed E-state index contributed by atoms with van der Waals surface area (Å²) in [7, 11) is 1.24. The lowest BCUT2D eigenvalue weighted by Crippen LogP contribution is -2.20. The van der Waals surface area contributed by atoms with Gasteiger partial charge >= 0.3 is 6.18 Å². The van der Waals surface area contributed by atoms with Crippen LogP contribution >= 0.6 is 0 Å². The van der Waals surface area contributed by atoms with Gasteiger partial charge in [0.05, 0.1) is 0 Å². The van der Waals surface area contributed by atoms with Crippen molar-refractivity contribution in [3.05, 3.63) is 35.2 Å². The number of hydrogen-bond acceptors (Lipinski definition) is 4. The van der Waals surface area contributed by atoms with Crippen LogP contribution in [0.4, 0.5) is 24.8 Å². The molecule has 0 bridgehead atoms.